The molecule has 0 aliphatic rings. The average Bonchev–Trinajstić information content (AvgIpc) is 2.38. The van der Waals surface area contributed by atoms with Gasteiger partial charge in [-0.05, 0) is 38.0 Å². The highest BCUT2D eigenvalue weighted by Gasteiger charge is 2.13. The highest BCUT2D eigenvalue weighted by Crippen LogP contribution is 2.16. The molecule has 0 spiro atoms. The van der Waals surface area contributed by atoms with Crippen molar-refractivity contribution in [2.75, 3.05) is 11.4 Å². The summed E-state index contributed by atoms with van der Waals surface area (Å²) in [6.07, 6.45) is 1.28. The predicted molar refractivity (Wildman–Crippen MR) is 81.7 cm³/mol. The maximum atomic E-state index is 11.7. The molecule has 0 saturated heterocycles. The van der Waals surface area contributed by atoms with Crippen molar-refractivity contribution < 1.29 is 9.59 Å². The Bertz CT molecular complexity index is 452. The lowest BCUT2D eigenvalue weighted by molar-refractivity contribution is -0.121. The summed E-state index contributed by atoms with van der Waals surface area (Å²) in [4.78, 5) is 25.0. The zero-order valence-corrected chi connectivity index (χ0v) is 12.8. The van der Waals surface area contributed by atoms with Crippen LogP contribution in [-0.4, -0.2) is 24.4 Å². The number of rotatable bonds is 6. The van der Waals surface area contributed by atoms with Crippen molar-refractivity contribution in [1.82, 2.24) is 5.32 Å². The molecule has 0 saturated carbocycles. The summed E-state index contributed by atoms with van der Waals surface area (Å²) in [6.45, 7) is 7.86. The fourth-order valence-corrected chi connectivity index (χ4v) is 1.99. The Labute approximate surface area is 121 Å². The number of benzene rings is 1. The number of nitrogens with one attached hydrogen (secondary N) is 1. The van der Waals surface area contributed by atoms with Crippen LogP contribution in [0.2, 0.25) is 0 Å². The molecule has 0 aliphatic carbocycles. The first-order valence-corrected chi connectivity index (χ1v) is 7.10. The largest absolute Gasteiger partial charge is 0.354 e. The van der Waals surface area contributed by atoms with E-state index in [1.54, 1.807) is 4.90 Å². The molecule has 110 valence electrons. The van der Waals surface area contributed by atoms with Crippen molar-refractivity contribution in [3.63, 3.8) is 0 Å². The number of hydrogen-bond acceptors (Lipinski definition) is 2. The molecule has 0 atom stereocenters. The molecule has 0 bridgehead atoms. The van der Waals surface area contributed by atoms with Crippen molar-refractivity contribution in [1.29, 1.82) is 0 Å². The fraction of sp³-hybridized carbons (Fsp3) is 0.500. The Morgan fingerprint density at radius 1 is 1.20 bits per heavy atom. The Kier molecular flexibility index (Phi) is 6.22. The number of nitrogens with zero attached hydrogens (tertiary/aromatic N) is 1. The smallest absolute Gasteiger partial charge is 0.223 e. The van der Waals surface area contributed by atoms with Crippen LogP contribution in [0.4, 0.5) is 5.69 Å². The van der Waals surface area contributed by atoms with E-state index in [4.69, 9.17) is 0 Å². The van der Waals surface area contributed by atoms with Crippen LogP contribution < -0.4 is 10.2 Å². The molecule has 0 fully saturated rings. The molecule has 0 heterocycles. The van der Waals surface area contributed by atoms with E-state index in [1.165, 1.54) is 12.5 Å². The van der Waals surface area contributed by atoms with Crippen molar-refractivity contribution in [3.05, 3.63) is 29.8 Å². The summed E-state index contributed by atoms with van der Waals surface area (Å²) in [5, 5.41) is 2.83. The van der Waals surface area contributed by atoms with Gasteiger partial charge in [-0.25, -0.2) is 0 Å². The minimum absolute atomic E-state index is 0.0311. The van der Waals surface area contributed by atoms with Crippen LogP contribution in [0.3, 0.4) is 0 Å². The van der Waals surface area contributed by atoms with Gasteiger partial charge in [-0.15, -0.1) is 0 Å². The molecule has 0 aliphatic heterocycles. The lowest BCUT2D eigenvalue weighted by atomic mass is 10.1. The van der Waals surface area contributed by atoms with Gasteiger partial charge < -0.3 is 10.2 Å². The highest BCUT2D eigenvalue weighted by atomic mass is 16.2. The SMILES string of the molecule is CCc1ccc(N(CCC(=O)NC(C)C)C(C)=O)cc1. The zero-order valence-electron chi connectivity index (χ0n) is 12.8. The number of amides is 2. The first-order chi connectivity index (χ1) is 9.43. The molecule has 1 N–H and O–H groups in total. The molecule has 1 aromatic carbocycles. The Morgan fingerprint density at radius 3 is 2.25 bits per heavy atom. The van der Waals surface area contributed by atoms with Crippen LogP contribution in [0.15, 0.2) is 24.3 Å². The predicted octanol–water partition coefficient (Wildman–Crippen LogP) is 2.52. The summed E-state index contributed by atoms with van der Waals surface area (Å²) in [7, 11) is 0. The van der Waals surface area contributed by atoms with Gasteiger partial charge in [0.15, 0.2) is 0 Å². The van der Waals surface area contributed by atoms with Gasteiger partial charge in [-0.2, -0.15) is 0 Å². The van der Waals surface area contributed by atoms with Crippen LogP contribution in [0.5, 0.6) is 0 Å². The molecular formula is C16H24N2O2. The highest BCUT2D eigenvalue weighted by molar-refractivity contribution is 5.92. The maximum Gasteiger partial charge on any atom is 0.223 e. The van der Waals surface area contributed by atoms with Crippen LogP contribution in [0, 0.1) is 0 Å². The normalized spacial score (nSPS) is 10.4. The first kappa shape index (κ1) is 16.2. The van der Waals surface area contributed by atoms with Crippen molar-refractivity contribution >= 4 is 17.5 Å². The number of hydrogen-bond donors (Lipinski definition) is 1. The van der Waals surface area contributed by atoms with Gasteiger partial charge in [0, 0.05) is 31.6 Å². The van der Waals surface area contributed by atoms with E-state index in [0.717, 1.165) is 12.1 Å². The van der Waals surface area contributed by atoms with E-state index in [1.807, 2.05) is 38.1 Å². The summed E-state index contributed by atoms with van der Waals surface area (Å²) < 4.78 is 0. The van der Waals surface area contributed by atoms with Gasteiger partial charge in [0.1, 0.15) is 0 Å². The molecule has 0 aromatic heterocycles. The summed E-state index contributed by atoms with van der Waals surface area (Å²) in [5.74, 6) is -0.0805. The lowest BCUT2D eigenvalue weighted by Crippen LogP contribution is -2.36. The molecule has 1 rings (SSSR count). The molecule has 0 radical (unpaired) electrons. The molecule has 0 unspecified atom stereocenters. The second-order valence-corrected chi connectivity index (χ2v) is 5.16. The van der Waals surface area contributed by atoms with Gasteiger partial charge in [-0.3, -0.25) is 9.59 Å². The molecule has 2 amide bonds. The maximum absolute atomic E-state index is 11.7. The van der Waals surface area contributed by atoms with Gasteiger partial charge in [0.25, 0.3) is 0 Å². The van der Waals surface area contributed by atoms with E-state index < -0.39 is 0 Å². The Balaban J connectivity index is 2.69. The minimum atomic E-state index is -0.0494. The van der Waals surface area contributed by atoms with E-state index in [9.17, 15) is 9.59 Å². The van der Waals surface area contributed by atoms with Gasteiger partial charge in [0.05, 0.1) is 0 Å². The van der Waals surface area contributed by atoms with Gasteiger partial charge >= 0.3 is 0 Å². The Hall–Kier alpha value is -1.84. The van der Waals surface area contributed by atoms with E-state index in [-0.39, 0.29) is 17.9 Å². The van der Waals surface area contributed by atoms with Crippen LogP contribution in [-0.2, 0) is 16.0 Å². The first-order valence-electron chi connectivity index (χ1n) is 7.10. The van der Waals surface area contributed by atoms with Gasteiger partial charge in [-0.1, -0.05) is 19.1 Å². The number of anilines is 1. The topological polar surface area (TPSA) is 49.4 Å². The van der Waals surface area contributed by atoms with Gasteiger partial charge in [0.2, 0.25) is 11.8 Å². The van der Waals surface area contributed by atoms with E-state index >= 15 is 0 Å². The molecule has 1 aromatic rings. The van der Waals surface area contributed by atoms with E-state index in [0.29, 0.717) is 13.0 Å². The number of carbonyl (C=O) groups is 2. The molecular weight excluding hydrogens is 252 g/mol. The number of carbonyl (C=O) groups excluding carboxylic acids is 2. The molecule has 20 heavy (non-hydrogen) atoms. The average molecular weight is 276 g/mol. The van der Waals surface area contributed by atoms with Crippen molar-refractivity contribution in [2.45, 2.75) is 46.6 Å². The molecule has 4 heteroatoms. The third kappa shape index (κ3) is 5.03. The lowest BCUT2D eigenvalue weighted by Gasteiger charge is -2.21. The second kappa shape index (κ2) is 7.68. The summed E-state index contributed by atoms with van der Waals surface area (Å²) in [6, 6.07) is 8.01. The summed E-state index contributed by atoms with van der Waals surface area (Å²) >= 11 is 0. The number of aryl methyl sites for hydroxylation is 1. The third-order valence-corrected chi connectivity index (χ3v) is 3.05. The fourth-order valence-electron chi connectivity index (χ4n) is 1.99. The second-order valence-electron chi connectivity index (χ2n) is 5.16. The zero-order chi connectivity index (χ0) is 15.1. The third-order valence-electron chi connectivity index (χ3n) is 3.05. The van der Waals surface area contributed by atoms with Crippen molar-refractivity contribution in [2.24, 2.45) is 0 Å². The monoisotopic (exact) mass is 276 g/mol. The van der Waals surface area contributed by atoms with Crippen LogP contribution in [0.1, 0.15) is 39.7 Å². The van der Waals surface area contributed by atoms with E-state index in [2.05, 4.69) is 12.2 Å². The minimum Gasteiger partial charge on any atom is -0.354 e. The standard InChI is InChI=1S/C16H24N2O2/c1-5-14-6-8-15(9-7-14)18(13(4)19)11-10-16(20)17-12(2)3/h6-9,12H,5,10-11H2,1-4H3,(H,17,20). The quantitative estimate of drug-likeness (QED) is 0.868. The van der Waals surface area contributed by atoms with Crippen LogP contribution in [0.25, 0.3) is 0 Å². The summed E-state index contributed by atoms with van der Waals surface area (Å²) in [5.41, 5.74) is 2.07. The Morgan fingerprint density at radius 2 is 1.80 bits per heavy atom. The molecule has 4 nitrogen and oxygen atoms in total. The van der Waals surface area contributed by atoms with Crippen LogP contribution >= 0.6 is 0 Å². The van der Waals surface area contributed by atoms with Crippen molar-refractivity contribution in [3.8, 4) is 0 Å².